The lowest BCUT2D eigenvalue weighted by atomic mass is 9.96. The predicted molar refractivity (Wildman–Crippen MR) is 118 cm³/mol. The van der Waals surface area contributed by atoms with Crippen LogP contribution in [0.15, 0.2) is 80.7 Å². The summed E-state index contributed by atoms with van der Waals surface area (Å²) in [6, 6.07) is 17.4. The maximum Gasteiger partial charge on any atom is 0.289 e. The Kier molecular flexibility index (Phi) is 5.30. The first-order valence-electron chi connectivity index (χ1n) is 10.5. The first kappa shape index (κ1) is 20.5. The summed E-state index contributed by atoms with van der Waals surface area (Å²) < 4.78 is 36.8. The molecule has 3 heterocycles. The maximum atomic E-state index is 13.1. The number of oxazole rings is 1. The highest BCUT2D eigenvalue weighted by Gasteiger charge is 2.31. The van der Waals surface area contributed by atoms with Gasteiger partial charge in [-0.05, 0) is 43.2 Å². The molecule has 32 heavy (non-hydrogen) atoms. The van der Waals surface area contributed by atoms with Crippen molar-refractivity contribution < 1.29 is 22.0 Å². The van der Waals surface area contributed by atoms with Crippen LogP contribution in [0.5, 0.6) is 0 Å². The second-order valence-corrected chi connectivity index (χ2v) is 9.92. The number of hydrogen-bond acceptors (Lipinski definition) is 6. The Balaban J connectivity index is 1.28. The second-order valence-electron chi connectivity index (χ2n) is 7.93. The molecule has 1 aliphatic rings. The third-order valence-electron chi connectivity index (χ3n) is 5.83. The zero-order valence-electron chi connectivity index (χ0n) is 17.3. The number of fused-ring (bicyclic) bond motifs is 1. The molecule has 2 aromatic carbocycles. The summed E-state index contributed by atoms with van der Waals surface area (Å²) in [5.74, 6) is 0.356. The molecule has 1 saturated heterocycles. The number of furan rings is 1. The van der Waals surface area contributed by atoms with Crippen LogP contribution in [0.25, 0.3) is 11.1 Å². The topological polar surface area (TPSA) is 93.6 Å². The van der Waals surface area contributed by atoms with Crippen molar-refractivity contribution >= 4 is 26.8 Å². The van der Waals surface area contributed by atoms with E-state index in [1.165, 1.54) is 6.26 Å². The number of carbonyl (C=O) groups excluding carboxylic acids is 1. The summed E-state index contributed by atoms with van der Waals surface area (Å²) in [5, 5.41) is 0. The lowest BCUT2D eigenvalue weighted by Crippen LogP contribution is -2.38. The smallest absolute Gasteiger partial charge is 0.289 e. The van der Waals surface area contributed by atoms with Crippen molar-refractivity contribution in [3.05, 3.63) is 84.1 Å². The van der Waals surface area contributed by atoms with Gasteiger partial charge in [0, 0.05) is 24.6 Å². The van der Waals surface area contributed by atoms with Gasteiger partial charge in [0.15, 0.2) is 27.1 Å². The normalized spacial score (nSPS) is 15.3. The van der Waals surface area contributed by atoms with E-state index in [-0.39, 0.29) is 28.2 Å². The summed E-state index contributed by atoms with van der Waals surface area (Å²) in [6.45, 7) is 1.04. The predicted octanol–water partition coefficient (Wildman–Crippen LogP) is 4.41. The monoisotopic (exact) mass is 450 g/mol. The largest absolute Gasteiger partial charge is 0.459 e. The zero-order valence-corrected chi connectivity index (χ0v) is 18.1. The molecule has 2 aromatic heterocycles. The first-order chi connectivity index (χ1) is 15.5. The summed E-state index contributed by atoms with van der Waals surface area (Å²) in [6.07, 6.45) is 2.81. The molecule has 0 radical (unpaired) electrons. The number of carbonyl (C=O) groups is 1. The van der Waals surface area contributed by atoms with Gasteiger partial charge in [0.2, 0.25) is 0 Å². The quantitative estimate of drug-likeness (QED) is 0.447. The molecular formula is C24H22N2O5S. The van der Waals surface area contributed by atoms with Crippen LogP contribution in [0, 0.1) is 0 Å². The Bertz CT molecular complexity index is 1320. The van der Waals surface area contributed by atoms with Gasteiger partial charge in [-0.2, -0.15) is 0 Å². The average Bonchev–Trinajstić information content (AvgIpc) is 3.46. The van der Waals surface area contributed by atoms with Crippen LogP contribution in [0.4, 0.5) is 0 Å². The Morgan fingerprint density at radius 1 is 1.00 bits per heavy atom. The van der Waals surface area contributed by atoms with E-state index in [0.717, 1.165) is 23.9 Å². The van der Waals surface area contributed by atoms with E-state index in [1.807, 2.05) is 24.3 Å². The van der Waals surface area contributed by atoms with E-state index in [9.17, 15) is 13.2 Å². The van der Waals surface area contributed by atoms with E-state index in [2.05, 4.69) is 4.98 Å². The molecule has 1 fully saturated rings. The fraction of sp³-hybridized carbons (Fsp3) is 0.250. The third-order valence-corrected chi connectivity index (χ3v) is 7.51. The second kappa shape index (κ2) is 8.27. The number of aromatic nitrogens is 1. The minimum Gasteiger partial charge on any atom is -0.459 e. The van der Waals surface area contributed by atoms with E-state index in [1.54, 1.807) is 41.3 Å². The average molecular weight is 451 g/mol. The Morgan fingerprint density at radius 3 is 2.47 bits per heavy atom. The van der Waals surface area contributed by atoms with Crippen LogP contribution < -0.4 is 0 Å². The Hall–Kier alpha value is -3.39. The zero-order chi connectivity index (χ0) is 22.1. The van der Waals surface area contributed by atoms with Gasteiger partial charge in [-0.25, -0.2) is 13.4 Å². The van der Waals surface area contributed by atoms with Gasteiger partial charge < -0.3 is 13.7 Å². The highest BCUT2D eigenvalue weighted by molar-refractivity contribution is 7.90. The number of nitrogens with zero attached hydrogens (tertiary/aromatic N) is 2. The summed E-state index contributed by atoms with van der Waals surface area (Å²) >= 11 is 0. The number of piperidine rings is 1. The molecule has 164 valence electrons. The van der Waals surface area contributed by atoms with Crippen molar-refractivity contribution in [3.63, 3.8) is 0 Å². The molecule has 4 aromatic rings. The molecule has 0 spiro atoms. The minimum atomic E-state index is -3.58. The number of likely N-dealkylation sites (tertiary alicyclic amines) is 1. The molecule has 8 heteroatoms. The molecule has 0 bridgehead atoms. The van der Waals surface area contributed by atoms with E-state index >= 15 is 0 Å². The fourth-order valence-corrected chi connectivity index (χ4v) is 5.47. The summed E-state index contributed by atoms with van der Waals surface area (Å²) in [5.41, 5.74) is 1.97. The van der Waals surface area contributed by atoms with Crippen LogP contribution >= 0.6 is 0 Å². The number of benzene rings is 2. The summed E-state index contributed by atoms with van der Waals surface area (Å²) in [4.78, 5) is 19.6. The molecule has 0 saturated carbocycles. The third kappa shape index (κ3) is 3.93. The van der Waals surface area contributed by atoms with Crippen LogP contribution in [0.2, 0.25) is 0 Å². The Labute approximate surface area is 185 Å². The lowest BCUT2D eigenvalue weighted by molar-refractivity contribution is 0.0673. The molecular weight excluding hydrogens is 428 g/mol. The van der Waals surface area contributed by atoms with Crippen molar-refractivity contribution in [2.75, 3.05) is 13.1 Å². The van der Waals surface area contributed by atoms with Crippen molar-refractivity contribution in [1.82, 2.24) is 9.88 Å². The lowest BCUT2D eigenvalue weighted by Gasteiger charge is -2.30. The first-order valence-corrected chi connectivity index (χ1v) is 12.2. The van der Waals surface area contributed by atoms with Crippen LogP contribution in [0.1, 0.15) is 40.8 Å². The van der Waals surface area contributed by atoms with Gasteiger partial charge in [-0.15, -0.1) is 0 Å². The molecule has 1 aliphatic heterocycles. The molecule has 0 N–H and O–H groups in total. The number of rotatable bonds is 5. The van der Waals surface area contributed by atoms with E-state index < -0.39 is 9.84 Å². The van der Waals surface area contributed by atoms with E-state index in [0.29, 0.717) is 24.5 Å². The summed E-state index contributed by atoms with van der Waals surface area (Å²) in [7, 11) is -3.58. The fourth-order valence-electron chi connectivity index (χ4n) is 4.09. The van der Waals surface area contributed by atoms with Crippen LogP contribution in [-0.4, -0.2) is 37.3 Å². The number of hydrogen-bond donors (Lipinski definition) is 0. The van der Waals surface area contributed by atoms with Crippen molar-refractivity contribution in [2.45, 2.75) is 29.4 Å². The standard InChI is InChI=1S/C24H22N2O5S/c27-24(22-18(12-15-30-22)16-32(28,29)19-6-2-1-3-7-19)26-13-10-17(11-14-26)23-25-20-8-4-5-9-21(20)31-23/h1-9,12,15,17H,10-11,13-14,16H2. The molecule has 0 unspecified atom stereocenters. The SMILES string of the molecule is O=C(c1occc1CS(=O)(=O)c1ccccc1)N1CCC(c2nc3ccccc3o2)CC1. The highest BCUT2D eigenvalue weighted by Crippen LogP contribution is 2.31. The molecule has 0 atom stereocenters. The van der Waals surface area contributed by atoms with Crippen molar-refractivity contribution in [1.29, 1.82) is 0 Å². The number of sulfone groups is 1. The van der Waals surface area contributed by atoms with Crippen LogP contribution in [-0.2, 0) is 15.6 Å². The minimum absolute atomic E-state index is 0.0878. The van der Waals surface area contributed by atoms with Gasteiger partial charge in [0.1, 0.15) is 5.52 Å². The molecule has 7 nitrogen and oxygen atoms in total. The highest BCUT2D eigenvalue weighted by atomic mass is 32.2. The van der Waals surface area contributed by atoms with Gasteiger partial charge in [-0.1, -0.05) is 30.3 Å². The number of para-hydroxylation sites is 2. The van der Waals surface area contributed by atoms with Gasteiger partial charge >= 0.3 is 0 Å². The maximum absolute atomic E-state index is 13.1. The Morgan fingerprint density at radius 2 is 1.72 bits per heavy atom. The molecule has 1 amide bonds. The van der Waals surface area contributed by atoms with Crippen LogP contribution in [0.3, 0.4) is 0 Å². The van der Waals surface area contributed by atoms with Crippen molar-refractivity contribution in [3.8, 4) is 0 Å². The van der Waals surface area contributed by atoms with Gasteiger partial charge in [0.25, 0.3) is 5.91 Å². The number of amides is 1. The van der Waals surface area contributed by atoms with Crippen molar-refractivity contribution in [2.24, 2.45) is 0 Å². The van der Waals surface area contributed by atoms with E-state index in [4.69, 9.17) is 8.83 Å². The molecule has 0 aliphatic carbocycles. The molecule has 5 rings (SSSR count). The van der Waals surface area contributed by atoms with Gasteiger partial charge in [-0.3, -0.25) is 4.79 Å². The van der Waals surface area contributed by atoms with Gasteiger partial charge in [0.05, 0.1) is 16.9 Å².